The van der Waals surface area contributed by atoms with E-state index in [-0.39, 0.29) is 18.6 Å². The van der Waals surface area contributed by atoms with Gasteiger partial charge < -0.3 is 10.4 Å². The first-order valence-corrected chi connectivity index (χ1v) is 7.46. The highest BCUT2D eigenvalue weighted by Gasteiger charge is 2.17. The first-order chi connectivity index (χ1) is 11.0. The molecule has 0 spiro atoms. The second-order valence-corrected chi connectivity index (χ2v) is 5.32. The van der Waals surface area contributed by atoms with E-state index in [1.54, 1.807) is 24.3 Å². The van der Waals surface area contributed by atoms with E-state index in [1.807, 2.05) is 6.92 Å². The molecule has 1 amide bonds. The number of carbonyl (C=O) groups excluding carboxylic acids is 1. The van der Waals surface area contributed by atoms with E-state index in [0.717, 1.165) is 6.42 Å². The molecule has 0 aliphatic carbocycles. The normalized spacial score (nSPS) is 12.0. The molecule has 122 valence electrons. The first-order valence-electron chi connectivity index (χ1n) is 7.46. The molecular formula is C16H19N3O4. The van der Waals surface area contributed by atoms with Gasteiger partial charge in [0.25, 0.3) is 5.56 Å². The SMILES string of the molecule is CCCC(CNC(=O)Cn1cnc2ccccc2c1=O)C(=O)O. The number of aromatic nitrogens is 2. The van der Waals surface area contributed by atoms with Crippen molar-refractivity contribution in [1.29, 1.82) is 0 Å². The molecule has 1 aromatic carbocycles. The molecule has 1 aromatic heterocycles. The van der Waals surface area contributed by atoms with E-state index in [4.69, 9.17) is 5.11 Å². The molecule has 2 rings (SSSR count). The lowest BCUT2D eigenvalue weighted by Gasteiger charge is -2.13. The molecule has 2 aromatic rings. The van der Waals surface area contributed by atoms with Crippen LogP contribution in [-0.2, 0) is 16.1 Å². The Bertz CT molecular complexity index is 769. The van der Waals surface area contributed by atoms with Gasteiger partial charge in [-0.15, -0.1) is 0 Å². The summed E-state index contributed by atoms with van der Waals surface area (Å²) in [6.45, 7) is 1.75. The van der Waals surface area contributed by atoms with Gasteiger partial charge in [-0.1, -0.05) is 25.5 Å². The highest BCUT2D eigenvalue weighted by atomic mass is 16.4. The van der Waals surface area contributed by atoms with Crippen molar-refractivity contribution in [2.75, 3.05) is 6.54 Å². The van der Waals surface area contributed by atoms with Crippen LogP contribution in [0.3, 0.4) is 0 Å². The average molecular weight is 317 g/mol. The van der Waals surface area contributed by atoms with Crippen LogP contribution in [0.4, 0.5) is 0 Å². The monoisotopic (exact) mass is 317 g/mol. The van der Waals surface area contributed by atoms with Crippen molar-refractivity contribution in [2.24, 2.45) is 5.92 Å². The second kappa shape index (κ2) is 7.53. The topological polar surface area (TPSA) is 101 Å². The number of hydrogen-bond acceptors (Lipinski definition) is 4. The molecule has 1 atom stereocenters. The number of benzene rings is 1. The number of fused-ring (bicyclic) bond motifs is 1. The minimum Gasteiger partial charge on any atom is -0.481 e. The number of rotatable bonds is 7. The number of amides is 1. The first kappa shape index (κ1) is 16.7. The fourth-order valence-corrected chi connectivity index (χ4v) is 2.33. The average Bonchev–Trinajstić information content (AvgIpc) is 2.54. The fraction of sp³-hybridized carbons (Fsp3) is 0.375. The summed E-state index contributed by atoms with van der Waals surface area (Å²) in [6, 6.07) is 6.90. The summed E-state index contributed by atoms with van der Waals surface area (Å²) in [7, 11) is 0. The molecular weight excluding hydrogens is 298 g/mol. The lowest BCUT2D eigenvalue weighted by Crippen LogP contribution is -2.37. The third-order valence-electron chi connectivity index (χ3n) is 3.58. The highest BCUT2D eigenvalue weighted by molar-refractivity contribution is 5.79. The summed E-state index contributed by atoms with van der Waals surface area (Å²) in [5, 5.41) is 12.1. The number of aliphatic carboxylic acids is 1. The number of para-hydroxylation sites is 1. The maximum atomic E-state index is 12.3. The maximum absolute atomic E-state index is 12.3. The highest BCUT2D eigenvalue weighted by Crippen LogP contribution is 2.06. The zero-order valence-electron chi connectivity index (χ0n) is 12.9. The van der Waals surface area contributed by atoms with Crippen LogP contribution in [0.15, 0.2) is 35.4 Å². The largest absolute Gasteiger partial charge is 0.481 e. The van der Waals surface area contributed by atoms with Gasteiger partial charge in [-0.3, -0.25) is 19.0 Å². The van der Waals surface area contributed by atoms with Crippen LogP contribution in [-0.4, -0.2) is 33.1 Å². The van der Waals surface area contributed by atoms with Crippen molar-refractivity contribution in [2.45, 2.75) is 26.3 Å². The van der Waals surface area contributed by atoms with E-state index < -0.39 is 17.8 Å². The fourth-order valence-electron chi connectivity index (χ4n) is 2.33. The molecule has 0 aliphatic heterocycles. The number of carboxylic acids is 1. The van der Waals surface area contributed by atoms with Gasteiger partial charge in [0.05, 0.1) is 23.1 Å². The van der Waals surface area contributed by atoms with Gasteiger partial charge in [0.1, 0.15) is 6.54 Å². The summed E-state index contributed by atoms with van der Waals surface area (Å²) >= 11 is 0. The Labute approximate surface area is 133 Å². The van der Waals surface area contributed by atoms with Crippen LogP contribution in [0.2, 0.25) is 0 Å². The van der Waals surface area contributed by atoms with E-state index in [1.165, 1.54) is 10.9 Å². The Morgan fingerprint density at radius 3 is 2.78 bits per heavy atom. The van der Waals surface area contributed by atoms with E-state index in [2.05, 4.69) is 10.3 Å². The molecule has 1 heterocycles. The molecule has 7 nitrogen and oxygen atoms in total. The van der Waals surface area contributed by atoms with Gasteiger partial charge in [-0.2, -0.15) is 0 Å². The van der Waals surface area contributed by atoms with Crippen molar-refractivity contribution in [3.63, 3.8) is 0 Å². The molecule has 2 N–H and O–H groups in total. The van der Waals surface area contributed by atoms with Crippen LogP contribution in [0, 0.1) is 5.92 Å². The minimum atomic E-state index is -0.934. The smallest absolute Gasteiger partial charge is 0.308 e. The molecule has 0 bridgehead atoms. The van der Waals surface area contributed by atoms with Crippen LogP contribution in [0.1, 0.15) is 19.8 Å². The lowest BCUT2D eigenvalue weighted by molar-refractivity contribution is -0.141. The summed E-state index contributed by atoms with van der Waals surface area (Å²) in [5.74, 6) is -1.96. The van der Waals surface area contributed by atoms with Gasteiger partial charge in [-0.25, -0.2) is 4.98 Å². The summed E-state index contributed by atoms with van der Waals surface area (Å²) in [6.07, 6.45) is 2.54. The number of nitrogens with zero attached hydrogens (tertiary/aromatic N) is 2. The van der Waals surface area contributed by atoms with Gasteiger partial charge in [-0.05, 0) is 18.6 Å². The standard InChI is InChI=1S/C16H19N3O4/c1-2-5-11(16(22)23)8-17-14(20)9-19-10-18-13-7-4-3-6-12(13)15(19)21/h3-4,6-7,10-11H,2,5,8-9H2,1H3,(H,17,20)(H,22,23). The predicted octanol–water partition coefficient (Wildman–Crippen LogP) is 1.01. The van der Waals surface area contributed by atoms with Crippen LogP contribution >= 0.6 is 0 Å². The molecule has 1 unspecified atom stereocenters. The predicted molar refractivity (Wildman–Crippen MR) is 85.0 cm³/mol. The van der Waals surface area contributed by atoms with Gasteiger partial charge >= 0.3 is 5.97 Å². The minimum absolute atomic E-state index is 0.0533. The summed E-state index contributed by atoms with van der Waals surface area (Å²) in [5.41, 5.74) is 0.275. The Kier molecular flexibility index (Phi) is 5.46. The number of nitrogens with one attached hydrogen (secondary N) is 1. The maximum Gasteiger partial charge on any atom is 0.308 e. The third kappa shape index (κ3) is 4.15. The molecule has 0 aliphatic rings. The number of carboxylic acid groups (broad SMARTS) is 1. The molecule has 7 heteroatoms. The van der Waals surface area contributed by atoms with Crippen molar-refractivity contribution in [1.82, 2.24) is 14.9 Å². The Morgan fingerprint density at radius 2 is 2.09 bits per heavy atom. The summed E-state index contributed by atoms with van der Waals surface area (Å²) in [4.78, 5) is 39.4. The Morgan fingerprint density at radius 1 is 1.35 bits per heavy atom. The van der Waals surface area contributed by atoms with Gasteiger partial charge in [0.15, 0.2) is 0 Å². The second-order valence-electron chi connectivity index (χ2n) is 5.32. The molecule has 0 radical (unpaired) electrons. The quantitative estimate of drug-likeness (QED) is 0.794. The number of carbonyl (C=O) groups is 2. The zero-order chi connectivity index (χ0) is 16.8. The van der Waals surface area contributed by atoms with E-state index >= 15 is 0 Å². The van der Waals surface area contributed by atoms with Crippen molar-refractivity contribution < 1.29 is 14.7 Å². The third-order valence-corrected chi connectivity index (χ3v) is 3.58. The number of hydrogen-bond donors (Lipinski definition) is 2. The molecule has 23 heavy (non-hydrogen) atoms. The van der Waals surface area contributed by atoms with Gasteiger partial charge in [0, 0.05) is 6.54 Å². The van der Waals surface area contributed by atoms with Crippen LogP contribution in [0.25, 0.3) is 10.9 Å². The molecule has 0 fully saturated rings. The molecule has 0 saturated heterocycles. The van der Waals surface area contributed by atoms with E-state index in [0.29, 0.717) is 17.3 Å². The zero-order valence-corrected chi connectivity index (χ0v) is 12.9. The van der Waals surface area contributed by atoms with E-state index in [9.17, 15) is 14.4 Å². The van der Waals surface area contributed by atoms with Crippen molar-refractivity contribution in [3.05, 3.63) is 40.9 Å². The Hall–Kier alpha value is -2.70. The van der Waals surface area contributed by atoms with Crippen LogP contribution in [0.5, 0.6) is 0 Å². The van der Waals surface area contributed by atoms with Crippen molar-refractivity contribution >= 4 is 22.8 Å². The Balaban J connectivity index is 2.04. The molecule has 0 saturated carbocycles. The summed E-state index contributed by atoms with van der Waals surface area (Å²) < 4.78 is 1.22. The van der Waals surface area contributed by atoms with Crippen LogP contribution < -0.4 is 10.9 Å². The van der Waals surface area contributed by atoms with Crippen molar-refractivity contribution in [3.8, 4) is 0 Å². The van der Waals surface area contributed by atoms with Gasteiger partial charge in [0.2, 0.25) is 5.91 Å². The lowest BCUT2D eigenvalue weighted by atomic mass is 10.0.